The third-order valence-corrected chi connectivity index (χ3v) is 4.79. The van der Waals surface area contributed by atoms with Crippen LogP contribution in [0.5, 0.6) is 0 Å². The predicted molar refractivity (Wildman–Crippen MR) is 104 cm³/mol. The topological polar surface area (TPSA) is 74.8 Å². The molecule has 0 atom stereocenters. The number of rotatable bonds is 4. The molecule has 2 aromatic carbocycles. The summed E-state index contributed by atoms with van der Waals surface area (Å²) in [7, 11) is 0. The van der Waals surface area contributed by atoms with Gasteiger partial charge in [-0.15, -0.1) is 0 Å². The van der Waals surface area contributed by atoms with Gasteiger partial charge in [0.15, 0.2) is 0 Å². The second-order valence-corrected chi connectivity index (χ2v) is 6.64. The highest BCUT2D eigenvalue weighted by molar-refractivity contribution is 6.28. The lowest BCUT2D eigenvalue weighted by molar-refractivity contribution is -0.121. The van der Waals surface area contributed by atoms with Gasteiger partial charge in [0.2, 0.25) is 0 Å². The van der Waals surface area contributed by atoms with Crippen LogP contribution in [0.3, 0.4) is 0 Å². The number of carbonyl (C=O) groups excluding carboxylic acids is 4. The standard InChI is InChI=1S/C22H16N2O4/c1-14-12-18(24-21(27)10-11-22(24)28)7-4-16(14)13-15-2-5-17(6-3-15)23-19(25)8-9-20(23)26/h2-12H,13H2,1H3. The van der Waals surface area contributed by atoms with E-state index in [0.29, 0.717) is 17.8 Å². The van der Waals surface area contributed by atoms with E-state index >= 15 is 0 Å². The van der Waals surface area contributed by atoms with E-state index in [0.717, 1.165) is 26.5 Å². The average molecular weight is 372 g/mol. The van der Waals surface area contributed by atoms with Crippen LogP contribution < -0.4 is 9.80 Å². The molecule has 4 rings (SSSR count). The third-order valence-electron chi connectivity index (χ3n) is 4.79. The van der Waals surface area contributed by atoms with Crippen molar-refractivity contribution in [3.63, 3.8) is 0 Å². The largest absolute Gasteiger partial charge is 0.269 e. The molecule has 0 spiro atoms. The normalized spacial score (nSPS) is 16.0. The Balaban J connectivity index is 1.52. The maximum absolute atomic E-state index is 11.8. The minimum absolute atomic E-state index is 0.340. The van der Waals surface area contributed by atoms with Crippen molar-refractivity contribution in [2.75, 3.05) is 9.80 Å². The summed E-state index contributed by atoms with van der Waals surface area (Å²) in [6, 6.07) is 12.7. The number of amides is 4. The number of aryl methyl sites for hydroxylation is 1. The molecule has 6 heteroatoms. The summed E-state index contributed by atoms with van der Waals surface area (Å²) in [5.41, 5.74) is 4.12. The molecule has 0 saturated carbocycles. The zero-order valence-electron chi connectivity index (χ0n) is 15.1. The van der Waals surface area contributed by atoms with Crippen LogP contribution in [-0.2, 0) is 25.6 Å². The first-order valence-electron chi connectivity index (χ1n) is 8.75. The molecule has 2 aromatic rings. The molecule has 0 unspecified atom stereocenters. The lowest BCUT2D eigenvalue weighted by Crippen LogP contribution is -2.29. The van der Waals surface area contributed by atoms with Crippen molar-refractivity contribution in [1.29, 1.82) is 0 Å². The highest BCUT2D eigenvalue weighted by atomic mass is 16.2. The van der Waals surface area contributed by atoms with E-state index in [1.54, 1.807) is 18.2 Å². The molecule has 0 aliphatic carbocycles. The molecule has 2 aliphatic heterocycles. The molecule has 0 fully saturated rings. The summed E-state index contributed by atoms with van der Waals surface area (Å²) in [6.45, 7) is 1.93. The average Bonchev–Trinajstić information content (AvgIpc) is 3.19. The summed E-state index contributed by atoms with van der Waals surface area (Å²) >= 11 is 0. The van der Waals surface area contributed by atoms with E-state index in [4.69, 9.17) is 0 Å². The SMILES string of the molecule is Cc1cc(N2C(=O)C=CC2=O)ccc1Cc1ccc(N2C(=O)C=CC2=O)cc1. The molecular formula is C22H16N2O4. The van der Waals surface area contributed by atoms with Crippen LogP contribution in [0.1, 0.15) is 16.7 Å². The Bertz CT molecular complexity index is 1040. The maximum atomic E-state index is 11.8. The first-order valence-corrected chi connectivity index (χ1v) is 8.75. The molecule has 2 aliphatic rings. The first kappa shape index (κ1) is 17.6. The number of hydrogen-bond acceptors (Lipinski definition) is 4. The third kappa shape index (κ3) is 3.05. The van der Waals surface area contributed by atoms with Crippen LogP contribution in [-0.4, -0.2) is 23.6 Å². The molecule has 138 valence electrons. The molecule has 0 aromatic heterocycles. The van der Waals surface area contributed by atoms with Crippen LogP contribution in [0.2, 0.25) is 0 Å². The molecule has 0 saturated heterocycles. The molecule has 28 heavy (non-hydrogen) atoms. The van der Waals surface area contributed by atoms with Crippen molar-refractivity contribution in [2.24, 2.45) is 0 Å². The lowest BCUT2D eigenvalue weighted by Gasteiger charge is -2.17. The zero-order chi connectivity index (χ0) is 19.8. The fourth-order valence-electron chi connectivity index (χ4n) is 3.31. The van der Waals surface area contributed by atoms with Crippen LogP contribution in [0.25, 0.3) is 0 Å². The maximum Gasteiger partial charge on any atom is 0.258 e. The minimum Gasteiger partial charge on any atom is -0.269 e. The van der Waals surface area contributed by atoms with Gasteiger partial charge in [-0.3, -0.25) is 19.2 Å². The number of imide groups is 2. The Morgan fingerprint density at radius 1 is 0.643 bits per heavy atom. The second kappa shape index (κ2) is 6.74. The van der Waals surface area contributed by atoms with Gasteiger partial charge in [-0.05, 0) is 54.3 Å². The molecule has 4 amide bonds. The van der Waals surface area contributed by atoms with Gasteiger partial charge in [-0.25, -0.2) is 9.80 Å². The summed E-state index contributed by atoms with van der Waals surface area (Å²) in [4.78, 5) is 49.4. The summed E-state index contributed by atoms with van der Waals surface area (Å²) < 4.78 is 0. The fraction of sp³-hybridized carbons (Fsp3) is 0.0909. The second-order valence-electron chi connectivity index (χ2n) is 6.64. The van der Waals surface area contributed by atoms with E-state index in [1.807, 2.05) is 31.2 Å². The van der Waals surface area contributed by atoms with Gasteiger partial charge >= 0.3 is 0 Å². The van der Waals surface area contributed by atoms with Crippen molar-refractivity contribution in [3.8, 4) is 0 Å². The highest BCUT2D eigenvalue weighted by Gasteiger charge is 2.26. The number of carbonyl (C=O) groups is 4. The smallest absolute Gasteiger partial charge is 0.258 e. The van der Waals surface area contributed by atoms with Crippen molar-refractivity contribution in [1.82, 2.24) is 0 Å². The van der Waals surface area contributed by atoms with Crippen molar-refractivity contribution >= 4 is 35.0 Å². The van der Waals surface area contributed by atoms with Crippen LogP contribution in [0, 0.1) is 6.92 Å². The number of benzene rings is 2. The monoisotopic (exact) mass is 372 g/mol. The quantitative estimate of drug-likeness (QED) is 0.773. The minimum atomic E-state index is -0.343. The molecular weight excluding hydrogens is 356 g/mol. The number of anilines is 2. The first-order chi connectivity index (χ1) is 13.4. The molecule has 2 heterocycles. The van der Waals surface area contributed by atoms with E-state index < -0.39 is 0 Å². The van der Waals surface area contributed by atoms with Crippen LogP contribution in [0.4, 0.5) is 11.4 Å². The van der Waals surface area contributed by atoms with Gasteiger partial charge in [0.1, 0.15) is 0 Å². The van der Waals surface area contributed by atoms with Gasteiger partial charge < -0.3 is 0 Å². The Hall–Kier alpha value is -3.80. The van der Waals surface area contributed by atoms with Gasteiger partial charge in [0.25, 0.3) is 23.6 Å². The molecule has 0 bridgehead atoms. The number of nitrogens with zero attached hydrogens (tertiary/aromatic N) is 2. The van der Waals surface area contributed by atoms with Gasteiger partial charge in [0, 0.05) is 24.3 Å². The zero-order valence-corrected chi connectivity index (χ0v) is 15.1. The molecule has 0 N–H and O–H groups in total. The van der Waals surface area contributed by atoms with E-state index in [-0.39, 0.29) is 23.6 Å². The van der Waals surface area contributed by atoms with Crippen molar-refractivity contribution in [3.05, 3.63) is 83.5 Å². The van der Waals surface area contributed by atoms with Crippen LogP contribution in [0.15, 0.2) is 66.8 Å². The van der Waals surface area contributed by atoms with Crippen LogP contribution >= 0.6 is 0 Å². The predicted octanol–water partition coefficient (Wildman–Crippen LogP) is 2.44. The fourth-order valence-corrected chi connectivity index (χ4v) is 3.31. The highest BCUT2D eigenvalue weighted by Crippen LogP contribution is 2.25. The summed E-state index contributed by atoms with van der Waals surface area (Å²) in [6.07, 6.45) is 5.68. The van der Waals surface area contributed by atoms with E-state index in [1.165, 1.54) is 24.3 Å². The summed E-state index contributed by atoms with van der Waals surface area (Å²) in [5, 5.41) is 0. The van der Waals surface area contributed by atoms with Gasteiger partial charge in [-0.2, -0.15) is 0 Å². The Morgan fingerprint density at radius 3 is 1.61 bits per heavy atom. The Labute approximate surface area is 161 Å². The lowest BCUT2D eigenvalue weighted by atomic mass is 9.99. The van der Waals surface area contributed by atoms with Gasteiger partial charge in [0.05, 0.1) is 11.4 Å². The van der Waals surface area contributed by atoms with Gasteiger partial charge in [-0.1, -0.05) is 18.2 Å². The molecule has 6 nitrogen and oxygen atoms in total. The Kier molecular flexibility index (Phi) is 4.24. The number of hydrogen-bond donors (Lipinski definition) is 0. The van der Waals surface area contributed by atoms with E-state index in [2.05, 4.69) is 0 Å². The summed E-state index contributed by atoms with van der Waals surface area (Å²) in [5.74, 6) is -1.36. The Morgan fingerprint density at radius 2 is 1.11 bits per heavy atom. The van der Waals surface area contributed by atoms with E-state index in [9.17, 15) is 19.2 Å². The van der Waals surface area contributed by atoms with Crippen molar-refractivity contribution < 1.29 is 19.2 Å². The van der Waals surface area contributed by atoms with Crippen molar-refractivity contribution in [2.45, 2.75) is 13.3 Å². The molecule has 0 radical (unpaired) electrons.